The molecule has 1 heterocycles. The molecule has 1 saturated carbocycles. The molecule has 0 spiro atoms. The zero-order valence-electron chi connectivity index (χ0n) is 9.03. The average Bonchev–Trinajstić information content (AvgIpc) is 2.92. The first-order chi connectivity index (χ1) is 8.06. The lowest BCUT2D eigenvalue weighted by atomic mass is 10.1. The van der Waals surface area contributed by atoms with Crippen molar-refractivity contribution in [3.8, 4) is 0 Å². The summed E-state index contributed by atoms with van der Waals surface area (Å²) < 4.78 is 0. The highest BCUT2D eigenvalue weighted by atomic mass is 35.5. The first kappa shape index (κ1) is 11.9. The first-order valence-electron chi connectivity index (χ1n) is 5.24. The third kappa shape index (κ3) is 2.58. The van der Waals surface area contributed by atoms with Crippen molar-refractivity contribution >= 4 is 23.3 Å². The van der Waals surface area contributed by atoms with Crippen LogP contribution < -0.4 is 5.32 Å². The third-order valence-electron chi connectivity index (χ3n) is 2.98. The summed E-state index contributed by atoms with van der Waals surface area (Å²) in [4.78, 5) is 24.0. The molecule has 0 unspecified atom stereocenters. The Labute approximate surface area is 102 Å². The Bertz CT molecular complexity index is 453. The highest BCUT2D eigenvalue weighted by Crippen LogP contribution is 2.45. The molecule has 1 aromatic heterocycles. The molecule has 0 aromatic carbocycles. The highest BCUT2D eigenvalue weighted by molar-refractivity contribution is 6.18. The number of carbonyl (C=O) groups excluding carboxylic acids is 1. The van der Waals surface area contributed by atoms with E-state index in [1.165, 1.54) is 12.1 Å². The minimum atomic E-state index is -0.572. The second-order valence-corrected chi connectivity index (χ2v) is 4.60. The summed E-state index contributed by atoms with van der Waals surface area (Å²) in [6.45, 7) is 0.516. The van der Waals surface area contributed by atoms with Gasteiger partial charge in [-0.1, -0.05) is 0 Å². The van der Waals surface area contributed by atoms with Crippen molar-refractivity contribution in [3.63, 3.8) is 0 Å². The minimum absolute atomic E-state index is 0.0374. The van der Waals surface area contributed by atoms with Gasteiger partial charge in [-0.2, -0.15) is 0 Å². The summed E-state index contributed by atoms with van der Waals surface area (Å²) in [6, 6.07) is 2.66. The molecule has 7 heteroatoms. The van der Waals surface area contributed by atoms with Crippen LogP contribution in [0.4, 0.5) is 5.82 Å². The van der Waals surface area contributed by atoms with Crippen molar-refractivity contribution in [2.45, 2.75) is 12.8 Å². The smallest absolute Gasteiger partial charge is 0.321 e. The number of hydrogen-bond donors (Lipinski definition) is 2. The van der Waals surface area contributed by atoms with E-state index in [9.17, 15) is 14.9 Å². The van der Waals surface area contributed by atoms with Gasteiger partial charge < -0.3 is 15.4 Å². The number of nitro groups is 1. The predicted molar refractivity (Wildman–Crippen MR) is 62.2 cm³/mol. The molecule has 1 aliphatic carbocycles. The number of hydrogen-bond acceptors (Lipinski definition) is 3. The van der Waals surface area contributed by atoms with Crippen molar-refractivity contribution in [3.05, 3.63) is 27.9 Å². The van der Waals surface area contributed by atoms with Crippen molar-refractivity contribution in [2.75, 3.05) is 12.4 Å². The van der Waals surface area contributed by atoms with Crippen LogP contribution >= 0.6 is 11.6 Å². The van der Waals surface area contributed by atoms with E-state index in [0.717, 1.165) is 12.8 Å². The molecule has 1 aromatic rings. The van der Waals surface area contributed by atoms with Gasteiger partial charge in [0.05, 0.1) is 0 Å². The minimum Gasteiger partial charge on any atom is -0.358 e. The van der Waals surface area contributed by atoms with Gasteiger partial charge >= 0.3 is 5.82 Å². The lowest BCUT2D eigenvalue weighted by Crippen LogP contribution is -2.31. The molecule has 1 aliphatic rings. The first-order valence-corrected chi connectivity index (χ1v) is 5.77. The molecule has 0 aliphatic heterocycles. The Morgan fingerprint density at radius 3 is 2.76 bits per heavy atom. The van der Waals surface area contributed by atoms with E-state index < -0.39 is 4.92 Å². The normalized spacial score (nSPS) is 16.5. The molecule has 6 nitrogen and oxygen atoms in total. The number of alkyl halides is 1. The number of aromatic nitrogens is 1. The highest BCUT2D eigenvalue weighted by Gasteiger charge is 2.42. The fraction of sp³-hybridized carbons (Fsp3) is 0.500. The Morgan fingerprint density at radius 2 is 2.29 bits per heavy atom. The largest absolute Gasteiger partial charge is 0.358 e. The third-order valence-corrected chi connectivity index (χ3v) is 3.54. The number of halogens is 1. The van der Waals surface area contributed by atoms with E-state index in [4.69, 9.17) is 11.6 Å². The fourth-order valence-electron chi connectivity index (χ4n) is 1.52. The van der Waals surface area contributed by atoms with Gasteiger partial charge in [-0.15, -0.1) is 11.6 Å². The Balaban J connectivity index is 1.93. The zero-order chi connectivity index (χ0) is 12.5. The molecule has 2 rings (SSSR count). The summed E-state index contributed by atoms with van der Waals surface area (Å²) in [5.41, 5.74) is 0.234. The lowest BCUT2D eigenvalue weighted by Gasteiger charge is -2.10. The molecular formula is C10H12ClN3O3. The zero-order valence-corrected chi connectivity index (χ0v) is 9.79. The summed E-state index contributed by atoms with van der Waals surface area (Å²) in [6.07, 6.45) is 2.03. The lowest BCUT2D eigenvalue weighted by molar-refractivity contribution is -0.389. The van der Waals surface area contributed by atoms with E-state index in [0.29, 0.717) is 12.4 Å². The van der Waals surface area contributed by atoms with Crippen LogP contribution in [0, 0.1) is 15.5 Å². The van der Waals surface area contributed by atoms with Crippen LogP contribution in [0.2, 0.25) is 0 Å². The average molecular weight is 258 g/mol. The summed E-state index contributed by atoms with van der Waals surface area (Å²) in [7, 11) is 0. The van der Waals surface area contributed by atoms with Gasteiger partial charge in [0.25, 0.3) is 5.91 Å². The summed E-state index contributed by atoms with van der Waals surface area (Å²) in [5.74, 6) is 0.00106. The van der Waals surface area contributed by atoms with Crippen molar-refractivity contribution in [1.29, 1.82) is 0 Å². The molecule has 2 N–H and O–H groups in total. The maximum Gasteiger partial charge on any atom is 0.321 e. The second-order valence-electron chi connectivity index (χ2n) is 4.33. The van der Waals surface area contributed by atoms with Crippen molar-refractivity contribution < 1.29 is 9.72 Å². The van der Waals surface area contributed by atoms with Gasteiger partial charge in [-0.05, 0) is 23.8 Å². The topological polar surface area (TPSA) is 88.0 Å². The van der Waals surface area contributed by atoms with Crippen LogP contribution in [-0.2, 0) is 0 Å². The number of carbonyl (C=O) groups is 1. The molecule has 92 valence electrons. The van der Waals surface area contributed by atoms with Gasteiger partial charge in [-0.25, -0.2) is 4.98 Å². The molecule has 1 amide bonds. The monoisotopic (exact) mass is 257 g/mol. The van der Waals surface area contributed by atoms with Crippen LogP contribution in [0.15, 0.2) is 12.1 Å². The van der Waals surface area contributed by atoms with E-state index >= 15 is 0 Å². The SMILES string of the molecule is O=C(NCC1(CCl)CC1)c1ccc([N+](=O)[O-])[nH]1. The van der Waals surface area contributed by atoms with Crippen LogP contribution in [0.25, 0.3) is 0 Å². The Hall–Kier alpha value is -1.56. The molecule has 0 radical (unpaired) electrons. The summed E-state index contributed by atoms with van der Waals surface area (Å²) in [5, 5.41) is 13.2. The van der Waals surface area contributed by atoms with Crippen LogP contribution in [0.3, 0.4) is 0 Å². The number of nitrogens with one attached hydrogen (secondary N) is 2. The van der Waals surface area contributed by atoms with E-state index in [1.807, 2.05) is 0 Å². The number of rotatable bonds is 5. The maximum atomic E-state index is 11.7. The molecule has 17 heavy (non-hydrogen) atoms. The number of nitrogens with zero attached hydrogens (tertiary/aromatic N) is 1. The van der Waals surface area contributed by atoms with E-state index in [2.05, 4.69) is 10.3 Å². The van der Waals surface area contributed by atoms with Gasteiger partial charge in [0.15, 0.2) is 5.69 Å². The predicted octanol–water partition coefficient (Wildman–Crippen LogP) is 1.67. The van der Waals surface area contributed by atoms with E-state index in [1.54, 1.807) is 0 Å². The van der Waals surface area contributed by atoms with Crippen LogP contribution in [-0.4, -0.2) is 28.2 Å². The molecule has 0 bridgehead atoms. The second kappa shape index (κ2) is 4.37. The molecule has 0 saturated heterocycles. The van der Waals surface area contributed by atoms with Crippen molar-refractivity contribution in [1.82, 2.24) is 10.3 Å². The number of H-pyrrole nitrogens is 1. The van der Waals surface area contributed by atoms with Crippen molar-refractivity contribution in [2.24, 2.45) is 5.41 Å². The van der Waals surface area contributed by atoms with Gasteiger partial charge in [0.1, 0.15) is 0 Å². The van der Waals surface area contributed by atoms with E-state index in [-0.39, 0.29) is 22.8 Å². The Kier molecular flexibility index (Phi) is 3.06. The quantitative estimate of drug-likeness (QED) is 0.478. The van der Waals surface area contributed by atoms with Gasteiger partial charge in [0, 0.05) is 23.9 Å². The van der Waals surface area contributed by atoms with Gasteiger partial charge in [0.2, 0.25) is 0 Å². The Morgan fingerprint density at radius 1 is 1.59 bits per heavy atom. The molecule has 1 fully saturated rings. The van der Waals surface area contributed by atoms with Crippen LogP contribution in [0.1, 0.15) is 23.3 Å². The van der Waals surface area contributed by atoms with Crippen LogP contribution in [0.5, 0.6) is 0 Å². The fourth-order valence-corrected chi connectivity index (χ4v) is 1.88. The summed E-state index contributed by atoms with van der Waals surface area (Å²) >= 11 is 5.78. The van der Waals surface area contributed by atoms with Gasteiger partial charge in [-0.3, -0.25) is 4.79 Å². The molecular weight excluding hydrogens is 246 g/mol. The maximum absolute atomic E-state index is 11.7. The molecule has 0 atom stereocenters. The number of amides is 1. The standard InChI is InChI=1S/C10H12ClN3O3/c11-5-10(3-4-10)6-12-9(15)7-1-2-8(13-7)14(16)17/h1-2,13H,3-6H2,(H,12,15). The number of aromatic amines is 1.